The van der Waals surface area contributed by atoms with E-state index in [1.54, 1.807) is 12.1 Å². The van der Waals surface area contributed by atoms with Gasteiger partial charge >= 0.3 is 5.97 Å². The second-order valence-electron chi connectivity index (χ2n) is 4.30. The highest BCUT2D eigenvalue weighted by Gasteiger charge is 2.11. The third-order valence-corrected chi connectivity index (χ3v) is 3.03. The molecule has 0 atom stereocenters. The Bertz CT molecular complexity index is 608. The second-order valence-corrected chi connectivity index (χ2v) is 4.30. The molecule has 1 aromatic heterocycles. The number of rotatable bonds is 4. The van der Waals surface area contributed by atoms with Crippen LogP contribution in [0.15, 0.2) is 36.5 Å². The summed E-state index contributed by atoms with van der Waals surface area (Å²) < 4.78 is 5.69. The van der Waals surface area contributed by atoms with Crippen LogP contribution in [-0.2, 0) is 6.61 Å². The molecule has 1 heterocycles. The van der Waals surface area contributed by atoms with Gasteiger partial charge in [0.05, 0.1) is 0 Å². The zero-order valence-corrected chi connectivity index (χ0v) is 10.9. The minimum atomic E-state index is -1.04. The summed E-state index contributed by atoms with van der Waals surface area (Å²) in [4.78, 5) is 14.9. The summed E-state index contributed by atoms with van der Waals surface area (Å²) in [5.74, 6) is -0.277. The van der Waals surface area contributed by atoms with Crippen LogP contribution in [0.25, 0.3) is 0 Å². The molecule has 0 saturated carbocycles. The van der Waals surface area contributed by atoms with Gasteiger partial charge in [0.1, 0.15) is 12.4 Å². The topological polar surface area (TPSA) is 59.4 Å². The zero-order chi connectivity index (χ0) is 13.8. The van der Waals surface area contributed by atoms with E-state index >= 15 is 0 Å². The fraction of sp³-hybridized carbons (Fsp3) is 0.200. The van der Waals surface area contributed by atoms with Gasteiger partial charge in [-0.05, 0) is 37.1 Å². The first-order chi connectivity index (χ1) is 9.09. The Balaban J connectivity index is 2.19. The van der Waals surface area contributed by atoms with Crippen LogP contribution in [-0.4, -0.2) is 16.1 Å². The Morgan fingerprint density at radius 1 is 1.26 bits per heavy atom. The highest BCUT2D eigenvalue weighted by atomic mass is 16.5. The maximum Gasteiger partial charge on any atom is 0.354 e. The molecule has 2 rings (SSSR count). The normalized spacial score (nSPS) is 10.2. The van der Waals surface area contributed by atoms with E-state index in [1.807, 2.05) is 32.0 Å². The number of carboxylic acids is 1. The number of carbonyl (C=O) groups is 1. The van der Waals surface area contributed by atoms with Crippen molar-refractivity contribution in [3.05, 3.63) is 58.9 Å². The summed E-state index contributed by atoms with van der Waals surface area (Å²) in [6, 6.07) is 9.21. The number of benzene rings is 1. The number of nitrogens with zero attached hydrogens (tertiary/aromatic N) is 1. The van der Waals surface area contributed by atoms with Crippen molar-refractivity contribution in [3.8, 4) is 5.75 Å². The van der Waals surface area contributed by atoms with Crippen LogP contribution in [0.4, 0.5) is 0 Å². The molecule has 2 aromatic rings. The number of pyridine rings is 1. The van der Waals surface area contributed by atoms with Crippen LogP contribution in [0, 0.1) is 13.8 Å². The van der Waals surface area contributed by atoms with E-state index in [0.717, 1.165) is 16.9 Å². The van der Waals surface area contributed by atoms with E-state index < -0.39 is 5.97 Å². The van der Waals surface area contributed by atoms with Gasteiger partial charge < -0.3 is 9.84 Å². The highest BCUT2D eigenvalue weighted by Crippen LogP contribution is 2.22. The molecule has 0 aliphatic heterocycles. The lowest BCUT2D eigenvalue weighted by atomic mass is 10.1. The Hall–Kier alpha value is -2.36. The van der Waals surface area contributed by atoms with Crippen molar-refractivity contribution in [2.45, 2.75) is 20.5 Å². The van der Waals surface area contributed by atoms with Crippen LogP contribution < -0.4 is 4.74 Å². The first-order valence-electron chi connectivity index (χ1n) is 5.96. The molecule has 0 spiro atoms. The molecule has 0 radical (unpaired) electrons. The van der Waals surface area contributed by atoms with Gasteiger partial charge in [0.2, 0.25) is 0 Å². The van der Waals surface area contributed by atoms with Gasteiger partial charge in [0.25, 0.3) is 0 Å². The van der Waals surface area contributed by atoms with Crippen molar-refractivity contribution in [3.63, 3.8) is 0 Å². The molecule has 0 fully saturated rings. The molecule has 0 aliphatic rings. The van der Waals surface area contributed by atoms with Gasteiger partial charge in [-0.3, -0.25) is 0 Å². The molecule has 1 N–H and O–H groups in total. The Morgan fingerprint density at radius 3 is 2.79 bits per heavy atom. The first kappa shape index (κ1) is 13.1. The molecule has 98 valence electrons. The molecule has 19 heavy (non-hydrogen) atoms. The Labute approximate surface area is 111 Å². The number of hydrogen-bond donors (Lipinski definition) is 1. The number of ether oxygens (including phenoxy) is 1. The van der Waals surface area contributed by atoms with E-state index in [-0.39, 0.29) is 12.3 Å². The first-order valence-corrected chi connectivity index (χ1v) is 5.96. The van der Waals surface area contributed by atoms with E-state index in [9.17, 15) is 4.79 Å². The molecule has 0 saturated heterocycles. The minimum Gasteiger partial charge on any atom is -0.489 e. The molecule has 0 amide bonds. The molecule has 1 aromatic carbocycles. The lowest BCUT2D eigenvalue weighted by molar-refractivity contribution is 0.0687. The van der Waals surface area contributed by atoms with Crippen LogP contribution >= 0.6 is 0 Å². The standard InChI is InChI=1S/C15H15NO3/c1-10-5-3-7-13(11(10)2)19-9-12-6-4-8-16-14(12)15(17)18/h3-8H,9H2,1-2H3,(H,17,18). The van der Waals surface area contributed by atoms with E-state index in [0.29, 0.717) is 5.56 Å². The summed E-state index contributed by atoms with van der Waals surface area (Å²) in [6.07, 6.45) is 1.46. The van der Waals surface area contributed by atoms with Crippen molar-refractivity contribution in [2.24, 2.45) is 0 Å². The van der Waals surface area contributed by atoms with Crippen molar-refractivity contribution in [1.82, 2.24) is 4.98 Å². The molecule has 0 aliphatic carbocycles. The van der Waals surface area contributed by atoms with E-state index in [4.69, 9.17) is 9.84 Å². The van der Waals surface area contributed by atoms with Crippen LogP contribution in [0.3, 0.4) is 0 Å². The zero-order valence-electron chi connectivity index (χ0n) is 10.9. The number of aryl methyl sites for hydroxylation is 1. The van der Waals surface area contributed by atoms with Gasteiger partial charge in [-0.25, -0.2) is 9.78 Å². The molecule has 4 heteroatoms. The molecule has 4 nitrogen and oxygen atoms in total. The van der Waals surface area contributed by atoms with Gasteiger partial charge in [0, 0.05) is 11.8 Å². The van der Waals surface area contributed by atoms with Crippen molar-refractivity contribution >= 4 is 5.97 Å². The lowest BCUT2D eigenvalue weighted by Crippen LogP contribution is -2.08. The third kappa shape index (κ3) is 2.91. The summed E-state index contributed by atoms with van der Waals surface area (Å²) in [5.41, 5.74) is 2.80. The average Bonchev–Trinajstić information content (AvgIpc) is 2.40. The van der Waals surface area contributed by atoms with Gasteiger partial charge in [-0.2, -0.15) is 0 Å². The van der Waals surface area contributed by atoms with E-state index in [1.165, 1.54) is 6.20 Å². The van der Waals surface area contributed by atoms with Crippen LogP contribution in [0.5, 0.6) is 5.75 Å². The van der Waals surface area contributed by atoms with Crippen molar-refractivity contribution in [2.75, 3.05) is 0 Å². The number of hydrogen-bond acceptors (Lipinski definition) is 3. The predicted molar refractivity (Wildman–Crippen MR) is 71.4 cm³/mol. The predicted octanol–water partition coefficient (Wildman–Crippen LogP) is 2.98. The molecular formula is C15H15NO3. The molecular weight excluding hydrogens is 242 g/mol. The maximum atomic E-state index is 11.0. The quantitative estimate of drug-likeness (QED) is 0.914. The maximum absolute atomic E-state index is 11.0. The highest BCUT2D eigenvalue weighted by molar-refractivity contribution is 5.86. The smallest absolute Gasteiger partial charge is 0.354 e. The largest absolute Gasteiger partial charge is 0.489 e. The summed E-state index contributed by atoms with van der Waals surface area (Å²) in [6.45, 7) is 4.18. The summed E-state index contributed by atoms with van der Waals surface area (Å²) >= 11 is 0. The second kappa shape index (κ2) is 5.52. The molecule has 0 bridgehead atoms. The number of aromatic nitrogens is 1. The van der Waals surface area contributed by atoms with Crippen molar-refractivity contribution < 1.29 is 14.6 Å². The van der Waals surface area contributed by atoms with E-state index in [2.05, 4.69) is 4.98 Å². The minimum absolute atomic E-state index is 0.0350. The average molecular weight is 257 g/mol. The monoisotopic (exact) mass is 257 g/mol. The van der Waals surface area contributed by atoms with Gasteiger partial charge in [-0.1, -0.05) is 18.2 Å². The fourth-order valence-electron chi connectivity index (χ4n) is 1.78. The van der Waals surface area contributed by atoms with Gasteiger partial charge in [-0.15, -0.1) is 0 Å². The fourth-order valence-corrected chi connectivity index (χ4v) is 1.78. The summed E-state index contributed by atoms with van der Waals surface area (Å²) in [7, 11) is 0. The SMILES string of the molecule is Cc1cccc(OCc2cccnc2C(=O)O)c1C. The van der Waals surface area contributed by atoms with Crippen molar-refractivity contribution in [1.29, 1.82) is 0 Å². The van der Waals surface area contributed by atoms with Gasteiger partial charge in [0.15, 0.2) is 5.69 Å². The molecule has 0 unspecified atom stereocenters. The Morgan fingerprint density at radius 2 is 2.05 bits per heavy atom. The Kier molecular flexibility index (Phi) is 3.80. The third-order valence-electron chi connectivity index (χ3n) is 3.03. The lowest BCUT2D eigenvalue weighted by Gasteiger charge is -2.11. The summed E-state index contributed by atoms with van der Waals surface area (Å²) in [5, 5.41) is 9.04. The number of aromatic carboxylic acids is 1. The van der Waals surface area contributed by atoms with Crippen LogP contribution in [0.1, 0.15) is 27.2 Å². The van der Waals surface area contributed by atoms with Crippen LogP contribution in [0.2, 0.25) is 0 Å². The number of carboxylic acid groups (broad SMARTS) is 1.